The number of nitrogens with one attached hydrogen (secondary N) is 1. The fraction of sp³-hybridized carbons (Fsp3) is 0.176. The van der Waals surface area contributed by atoms with Gasteiger partial charge in [-0.15, -0.1) is 0 Å². The van der Waals surface area contributed by atoms with Crippen molar-refractivity contribution in [3.8, 4) is 0 Å². The summed E-state index contributed by atoms with van der Waals surface area (Å²) in [6.45, 7) is 4.11. The van der Waals surface area contributed by atoms with Crippen molar-refractivity contribution < 1.29 is 4.79 Å². The number of hydrogen-bond donors (Lipinski definition) is 1. The standard InChI is InChI=1S/C17H16N2OS/c1-3-12-5-4-6-13(10-12)16(20)19-17-18-14-9-11(2)7-8-15(14)21-17/h4-10H,3H2,1-2H3,(H,18,19,20). The zero-order valence-electron chi connectivity index (χ0n) is 12.0. The molecule has 0 saturated carbocycles. The van der Waals surface area contributed by atoms with Gasteiger partial charge >= 0.3 is 0 Å². The number of nitrogens with zero attached hydrogens (tertiary/aromatic N) is 1. The monoisotopic (exact) mass is 296 g/mol. The van der Waals surface area contributed by atoms with Gasteiger partial charge < -0.3 is 0 Å². The van der Waals surface area contributed by atoms with E-state index in [1.807, 2.05) is 43.3 Å². The van der Waals surface area contributed by atoms with Crippen LogP contribution in [0, 0.1) is 6.92 Å². The van der Waals surface area contributed by atoms with Crippen LogP contribution < -0.4 is 5.32 Å². The van der Waals surface area contributed by atoms with Crippen molar-refractivity contribution in [1.29, 1.82) is 0 Å². The van der Waals surface area contributed by atoms with Gasteiger partial charge in [0.15, 0.2) is 5.13 Å². The highest BCUT2D eigenvalue weighted by Gasteiger charge is 2.10. The summed E-state index contributed by atoms with van der Waals surface area (Å²) in [5, 5.41) is 3.53. The van der Waals surface area contributed by atoms with E-state index >= 15 is 0 Å². The second-order valence-corrected chi connectivity index (χ2v) is 6.03. The minimum atomic E-state index is -0.110. The molecule has 1 heterocycles. The molecule has 0 unspecified atom stereocenters. The Labute approximate surface area is 127 Å². The summed E-state index contributed by atoms with van der Waals surface area (Å²) < 4.78 is 1.08. The molecule has 3 aromatic rings. The molecule has 3 rings (SSSR count). The van der Waals surface area contributed by atoms with Gasteiger partial charge in [0, 0.05) is 5.56 Å². The smallest absolute Gasteiger partial charge is 0.257 e. The minimum Gasteiger partial charge on any atom is -0.298 e. The third kappa shape index (κ3) is 2.95. The van der Waals surface area contributed by atoms with Crippen LogP contribution in [0.1, 0.15) is 28.4 Å². The van der Waals surface area contributed by atoms with Gasteiger partial charge in [-0.2, -0.15) is 0 Å². The van der Waals surface area contributed by atoms with Crippen LogP contribution in [0.5, 0.6) is 0 Å². The van der Waals surface area contributed by atoms with Crippen molar-refractivity contribution in [1.82, 2.24) is 4.98 Å². The van der Waals surface area contributed by atoms with E-state index in [0.29, 0.717) is 10.7 Å². The van der Waals surface area contributed by atoms with E-state index in [-0.39, 0.29) is 5.91 Å². The largest absolute Gasteiger partial charge is 0.298 e. The molecule has 0 aliphatic heterocycles. The summed E-state index contributed by atoms with van der Waals surface area (Å²) in [4.78, 5) is 16.7. The van der Waals surface area contributed by atoms with Gasteiger partial charge in [0.05, 0.1) is 10.2 Å². The zero-order valence-corrected chi connectivity index (χ0v) is 12.8. The molecule has 1 N–H and O–H groups in total. The van der Waals surface area contributed by atoms with Crippen LogP contribution in [-0.4, -0.2) is 10.9 Å². The van der Waals surface area contributed by atoms with Gasteiger partial charge in [0.2, 0.25) is 0 Å². The van der Waals surface area contributed by atoms with E-state index in [0.717, 1.165) is 22.2 Å². The lowest BCUT2D eigenvalue weighted by atomic mass is 10.1. The minimum absolute atomic E-state index is 0.110. The number of hydrogen-bond acceptors (Lipinski definition) is 3. The van der Waals surface area contributed by atoms with Crippen LogP contribution in [0.4, 0.5) is 5.13 Å². The normalized spacial score (nSPS) is 10.8. The van der Waals surface area contributed by atoms with E-state index in [2.05, 4.69) is 23.3 Å². The Morgan fingerprint density at radius 3 is 2.90 bits per heavy atom. The maximum atomic E-state index is 12.3. The van der Waals surface area contributed by atoms with Crippen molar-refractivity contribution >= 4 is 32.6 Å². The molecule has 0 bridgehead atoms. The molecule has 4 heteroatoms. The Morgan fingerprint density at radius 1 is 1.24 bits per heavy atom. The summed E-state index contributed by atoms with van der Waals surface area (Å²) in [6.07, 6.45) is 0.918. The first-order valence-corrected chi connectivity index (χ1v) is 7.75. The number of amides is 1. The summed E-state index contributed by atoms with van der Waals surface area (Å²) in [6, 6.07) is 13.8. The topological polar surface area (TPSA) is 42.0 Å². The number of benzene rings is 2. The second kappa shape index (κ2) is 5.66. The number of carbonyl (C=O) groups is 1. The quantitative estimate of drug-likeness (QED) is 0.777. The Morgan fingerprint density at radius 2 is 2.10 bits per heavy atom. The van der Waals surface area contributed by atoms with E-state index in [1.54, 1.807) is 0 Å². The second-order valence-electron chi connectivity index (χ2n) is 5.00. The average molecular weight is 296 g/mol. The van der Waals surface area contributed by atoms with Crippen LogP contribution in [0.25, 0.3) is 10.2 Å². The number of aryl methyl sites for hydroxylation is 2. The van der Waals surface area contributed by atoms with Crippen molar-refractivity contribution in [3.63, 3.8) is 0 Å². The summed E-state index contributed by atoms with van der Waals surface area (Å²) in [7, 11) is 0. The third-order valence-electron chi connectivity index (χ3n) is 3.36. The number of aromatic nitrogens is 1. The first-order chi connectivity index (χ1) is 10.2. The molecule has 0 atom stereocenters. The van der Waals surface area contributed by atoms with Gasteiger partial charge in [-0.1, -0.05) is 36.5 Å². The molecule has 0 saturated heterocycles. The van der Waals surface area contributed by atoms with Crippen molar-refractivity contribution in [2.24, 2.45) is 0 Å². The Balaban J connectivity index is 1.85. The molecule has 106 valence electrons. The number of rotatable bonds is 3. The van der Waals surface area contributed by atoms with E-state index in [9.17, 15) is 4.79 Å². The van der Waals surface area contributed by atoms with Crippen molar-refractivity contribution in [2.45, 2.75) is 20.3 Å². The Bertz CT molecular complexity index is 807. The average Bonchev–Trinajstić information content (AvgIpc) is 2.88. The third-order valence-corrected chi connectivity index (χ3v) is 4.31. The van der Waals surface area contributed by atoms with Crippen LogP contribution in [0.2, 0.25) is 0 Å². The number of thiazole rings is 1. The molecular weight excluding hydrogens is 280 g/mol. The summed E-state index contributed by atoms with van der Waals surface area (Å²) in [5.41, 5.74) is 3.92. The number of anilines is 1. The van der Waals surface area contributed by atoms with E-state index < -0.39 is 0 Å². The highest BCUT2D eigenvalue weighted by atomic mass is 32.1. The number of fused-ring (bicyclic) bond motifs is 1. The molecule has 3 nitrogen and oxygen atoms in total. The summed E-state index contributed by atoms with van der Waals surface area (Å²) in [5.74, 6) is -0.110. The first-order valence-electron chi connectivity index (χ1n) is 6.93. The molecule has 0 radical (unpaired) electrons. The molecule has 0 fully saturated rings. The van der Waals surface area contributed by atoms with E-state index in [1.165, 1.54) is 16.9 Å². The van der Waals surface area contributed by atoms with Crippen LogP contribution in [0.15, 0.2) is 42.5 Å². The molecule has 1 aromatic heterocycles. The highest BCUT2D eigenvalue weighted by Crippen LogP contribution is 2.26. The molecule has 21 heavy (non-hydrogen) atoms. The molecule has 0 aliphatic rings. The zero-order chi connectivity index (χ0) is 14.8. The van der Waals surface area contributed by atoms with Gasteiger partial charge in [-0.05, 0) is 48.7 Å². The van der Waals surface area contributed by atoms with Crippen LogP contribution in [0.3, 0.4) is 0 Å². The lowest BCUT2D eigenvalue weighted by Gasteiger charge is -2.03. The maximum absolute atomic E-state index is 12.3. The highest BCUT2D eigenvalue weighted by molar-refractivity contribution is 7.22. The van der Waals surface area contributed by atoms with Crippen molar-refractivity contribution in [2.75, 3.05) is 5.32 Å². The molecule has 1 amide bonds. The molecule has 2 aromatic carbocycles. The predicted octanol–water partition coefficient (Wildman–Crippen LogP) is 4.42. The van der Waals surface area contributed by atoms with Crippen LogP contribution >= 0.6 is 11.3 Å². The van der Waals surface area contributed by atoms with Crippen LogP contribution in [-0.2, 0) is 6.42 Å². The lowest BCUT2D eigenvalue weighted by Crippen LogP contribution is -2.11. The van der Waals surface area contributed by atoms with Gasteiger partial charge in [0.25, 0.3) is 5.91 Å². The fourth-order valence-electron chi connectivity index (χ4n) is 2.19. The molecule has 0 aliphatic carbocycles. The van der Waals surface area contributed by atoms with Gasteiger partial charge in [-0.25, -0.2) is 4.98 Å². The predicted molar refractivity (Wildman–Crippen MR) is 88.1 cm³/mol. The first kappa shape index (κ1) is 13.8. The Hall–Kier alpha value is -2.20. The van der Waals surface area contributed by atoms with E-state index in [4.69, 9.17) is 0 Å². The molecule has 0 spiro atoms. The maximum Gasteiger partial charge on any atom is 0.257 e. The molecular formula is C17H16N2OS. The lowest BCUT2D eigenvalue weighted by molar-refractivity contribution is 0.102. The summed E-state index contributed by atoms with van der Waals surface area (Å²) >= 11 is 1.50. The van der Waals surface area contributed by atoms with Crippen molar-refractivity contribution in [3.05, 3.63) is 59.2 Å². The van der Waals surface area contributed by atoms with Gasteiger partial charge in [0.1, 0.15) is 0 Å². The number of carbonyl (C=O) groups excluding carboxylic acids is 1. The fourth-order valence-corrected chi connectivity index (χ4v) is 3.03. The Kier molecular flexibility index (Phi) is 3.71. The SMILES string of the molecule is CCc1cccc(C(=O)Nc2nc3cc(C)ccc3s2)c1. The van der Waals surface area contributed by atoms with Gasteiger partial charge in [-0.3, -0.25) is 10.1 Å².